The third kappa shape index (κ3) is 3.31. The molecule has 1 amide bonds. The van der Waals surface area contributed by atoms with Crippen LogP contribution in [0.5, 0.6) is 0 Å². The number of amides is 1. The number of rotatable bonds is 4. The van der Waals surface area contributed by atoms with Crippen LogP contribution in [-0.2, 0) is 24.2 Å². The van der Waals surface area contributed by atoms with Gasteiger partial charge in [-0.25, -0.2) is 4.68 Å². The molecule has 128 valence electrons. The van der Waals surface area contributed by atoms with Gasteiger partial charge < -0.3 is 9.88 Å². The van der Waals surface area contributed by atoms with Crippen LogP contribution in [0.3, 0.4) is 0 Å². The molecule has 0 saturated heterocycles. The third-order valence-corrected chi connectivity index (χ3v) is 4.52. The number of carbonyl (C=O) groups is 1. The van der Waals surface area contributed by atoms with E-state index in [1.165, 1.54) is 0 Å². The molecule has 1 aliphatic heterocycles. The molecule has 25 heavy (non-hydrogen) atoms. The summed E-state index contributed by atoms with van der Waals surface area (Å²) < 4.78 is 3.87. The van der Waals surface area contributed by atoms with Gasteiger partial charge in [0.15, 0.2) is 0 Å². The van der Waals surface area contributed by atoms with Crippen molar-refractivity contribution in [1.82, 2.24) is 29.9 Å². The Labute approximate surface area is 145 Å². The fraction of sp³-hybridized carbons (Fsp3) is 0.333. The molecule has 3 aromatic rings. The molecule has 2 aromatic heterocycles. The van der Waals surface area contributed by atoms with Crippen molar-refractivity contribution >= 4 is 5.91 Å². The minimum atomic E-state index is 0.0202. The Balaban J connectivity index is 1.37. The van der Waals surface area contributed by atoms with Gasteiger partial charge in [0.2, 0.25) is 5.91 Å². The summed E-state index contributed by atoms with van der Waals surface area (Å²) in [5.41, 5.74) is 1.88. The first-order chi connectivity index (χ1) is 12.2. The second-order valence-corrected chi connectivity index (χ2v) is 6.38. The van der Waals surface area contributed by atoms with Crippen LogP contribution in [0, 0.1) is 6.92 Å². The first-order valence-electron chi connectivity index (χ1n) is 8.46. The van der Waals surface area contributed by atoms with E-state index in [2.05, 4.69) is 25.2 Å². The van der Waals surface area contributed by atoms with Gasteiger partial charge in [-0.3, -0.25) is 4.79 Å². The van der Waals surface area contributed by atoms with E-state index in [-0.39, 0.29) is 11.9 Å². The molecule has 7 nitrogen and oxygen atoms in total. The average molecular weight is 336 g/mol. The summed E-state index contributed by atoms with van der Waals surface area (Å²) in [5.74, 6) is 1.93. The predicted molar refractivity (Wildman–Crippen MR) is 92.3 cm³/mol. The summed E-state index contributed by atoms with van der Waals surface area (Å²) in [6, 6.07) is 9.99. The lowest BCUT2D eigenvalue weighted by molar-refractivity contribution is -0.121. The van der Waals surface area contributed by atoms with Crippen LogP contribution in [0.15, 0.2) is 42.7 Å². The summed E-state index contributed by atoms with van der Waals surface area (Å²) in [4.78, 5) is 12.4. The molecule has 3 heterocycles. The topological polar surface area (TPSA) is 77.6 Å². The van der Waals surface area contributed by atoms with E-state index in [4.69, 9.17) is 0 Å². The van der Waals surface area contributed by atoms with Gasteiger partial charge in [-0.1, -0.05) is 18.2 Å². The number of aromatic nitrogens is 5. The minimum Gasteiger partial charge on any atom is -0.351 e. The van der Waals surface area contributed by atoms with E-state index in [1.807, 2.05) is 43.5 Å². The SMILES string of the molecule is Cc1nnc2n1C[C@H](NC(=O)Cc1cnn(-c3ccccc3)c1)CC2. The number of aryl methyl sites for hydroxylation is 2. The van der Waals surface area contributed by atoms with Gasteiger partial charge in [0.1, 0.15) is 11.6 Å². The Morgan fingerprint density at radius 2 is 2.12 bits per heavy atom. The van der Waals surface area contributed by atoms with E-state index in [1.54, 1.807) is 10.9 Å². The van der Waals surface area contributed by atoms with Crippen molar-refractivity contribution in [1.29, 1.82) is 0 Å². The Bertz CT molecular complexity index is 882. The van der Waals surface area contributed by atoms with Crippen LogP contribution in [-0.4, -0.2) is 36.5 Å². The van der Waals surface area contributed by atoms with Crippen LogP contribution in [0.4, 0.5) is 0 Å². The van der Waals surface area contributed by atoms with Gasteiger partial charge in [-0.2, -0.15) is 5.10 Å². The highest BCUT2D eigenvalue weighted by Crippen LogP contribution is 2.15. The second-order valence-electron chi connectivity index (χ2n) is 6.38. The second kappa shape index (κ2) is 6.51. The van der Waals surface area contributed by atoms with Gasteiger partial charge in [-0.05, 0) is 31.0 Å². The molecule has 1 N–H and O–H groups in total. The van der Waals surface area contributed by atoms with Crippen molar-refractivity contribution in [2.45, 2.75) is 38.8 Å². The Hall–Kier alpha value is -2.96. The Kier molecular flexibility index (Phi) is 4.05. The maximum Gasteiger partial charge on any atom is 0.224 e. The average Bonchev–Trinajstić information content (AvgIpc) is 3.23. The van der Waals surface area contributed by atoms with E-state index < -0.39 is 0 Å². The third-order valence-electron chi connectivity index (χ3n) is 4.52. The van der Waals surface area contributed by atoms with Crippen molar-refractivity contribution in [2.75, 3.05) is 0 Å². The number of nitrogens with zero attached hydrogens (tertiary/aromatic N) is 5. The summed E-state index contributed by atoms with van der Waals surface area (Å²) in [6.07, 6.45) is 5.72. The number of benzene rings is 1. The molecule has 0 bridgehead atoms. The van der Waals surface area contributed by atoms with Crippen molar-refractivity contribution in [2.24, 2.45) is 0 Å². The first-order valence-corrected chi connectivity index (χ1v) is 8.46. The molecule has 0 unspecified atom stereocenters. The number of hydrogen-bond donors (Lipinski definition) is 1. The summed E-state index contributed by atoms with van der Waals surface area (Å²) in [5, 5.41) is 15.7. The fourth-order valence-corrected chi connectivity index (χ4v) is 3.22. The molecular formula is C18H20N6O. The lowest BCUT2D eigenvalue weighted by atomic mass is 10.1. The summed E-state index contributed by atoms with van der Waals surface area (Å²) in [6.45, 7) is 2.68. The van der Waals surface area contributed by atoms with Crippen molar-refractivity contribution in [3.63, 3.8) is 0 Å². The van der Waals surface area contributed by atoms with Crippen LogP contribution in [0.25, 0.3) is 5.69 Å². The first kappa shape index (κ1) is 15.6. The van der Waals surface area contributed by atoms with Crippen molar-refractivity contribution in [3.8, 4) is 5.69 Å². The van der Waals surface area contributed by atoms with E-state index in [9.17, 15) is 4.79 Å². The molecule has 4 rings (SSSR count). The number of para-hydroxylation sites is 1. The van der Waals surface area contributed by atoms with Gasteiger partial charge in [0, 0.05) is 25.2 Å². The molecule has 0 radical (unpaired) electrons. The molecule has 7 heteroatoms. The van der Waals surface area contributed by atoms with Crippen LogP contribution < -0.4 is 5.32 Å². The van der Waals surface area contributed by atoms with Crippen LogP contribution >= 0.6 is 0 Å². The van der Waals surface area contributed by atoms with Crippen LogP contribution in [0.1, 0.15) is 23.6 Å². The van der Waals surface area contributed by atoms with E-state index in [0.29, 0.717) is 6.42 Å². The number of carbonyl (C=O) groups excluding carboxylic acids is 1. The molecule has 1 atom stereocenters. The van der Waals surface area contributed by atoms with Crippen molar-refractivity contribution < 1.29 is 4.79 Å². The molecule has 0 aliphatic carbocycles. The zero-order valence-electron chi connectivity index (χ0n) is 14.1. The van der Waals surface area contributed by atoms with Gasteiger partial charge in [0.25, 0.3) is 0 Å². The Morgan fingerprint density at radius 1 is 1.28 bits per heavy atom. The Morgan fingerprint density at radius 3 is 2.96 bits per heavy atom. The zero-order valence-corrected chi connectivity index (χ0v) is 14.1. The summed E-state index contributed by atoms with van der Waals surface area (Å²) >= 11 is 0. The fourth-order valence-electron chi connectivity index (χ4n) is 3.22. The van der Waals surface area contributed by atoms with E-state index >= 15 is 0 Å². The minimum absolute atomic E-state index is 0.0202. The highest BCUT2D eigenvalue weighted by Gasteiger charge is 2.22. The van der Waals surface area contributed by atoms with Gasteiger partial charge >= 0.3 is 0 Å². The smallest absolute Gasteiger partial charge is 0.224 e. The lowest BCUT2D eigenvalue weighted by Crippen LogP contribution is -2.41. The number of fused-ring (bicyclic) bond motifs is 1. The highest BCUT2D eigenvalue weighted by molar-refractivity contribution is 5.78. The molecule has 1 aliphatic rings. The quantitative estimate of drug-likeness (QED) is 0.782. The predicted octanol–water partition coefficient (Wildman–Crippen LogP) is 1.45. The molecular weight excluding hydrogens is 316 g/mol. The maximum atomic E-state index is 12.4. The monoisotopic (exact) mass is 336 g/mol. The molecule has 0 fully saturated rings. The molecule has 0 spiro atoms. The number of hydrogen-bond acceptors (Lipinski definition) is 4. The summed E-state index contributed by atoms with van der Waals surface area (Å²) in [7, 11) is 0. The normalized spacial score (nSPS) is 16.4. The molecule has 1 aromatic carbocycles. The standard InChI is InChI=1S/C18H20N6O/c1-13-21-22-17-8-7-15(12-23(13)17)20-18(25)9-14-10-19-24(11-14)16-5-3-2-4-6-16/h2-6,10-11,15H,7-9,12H2,1H3,(H,20,25)/t15-/m1/s1. The zero-order chi connectivity index (χ0) is 17.2. The highest BCUT2D eigenvalue weighted by atomic mass is 16.1. The van der Waals surface area contributed by atoms with E-state index in [0.717, 1.165) is 42.3 Å². The largest absolute Gasteiger partial charge is 0.351 e. The maximum absolute atomic E-state index is 12.4. The van der Waals surface area contributed by atoms with Crippen molar-refractivity contribution in [3.05, 3.63) is 59.9 Å². The van der Waals surface area contributed by atoms with Crippen LogP contribution in [0.2, 0.25) is 0 Å². The van der Waals surface area contributed by atoms with Gasteiger partial charge in [-0.15, -0.1) is 10.2 Å². The molecule has 0 saturated carbocycles. The lowest BCUT2D eigenvalue weighted by Gasteiger charge is -2.24. The van der Waals surface area contributed by atoms with Gasteiger partial charge in [0.05, 0.1) is 18.3 Å². The number of nitrogens with one attached hydrogen (secondary N) is 1.